The second-order valence-electron chi connectivity index (χ2n) is 8.96. The molecule has 4 nitrogen and oxygen atoms in total. The van der Waals surface area contributed by atoms with Gasteiger partial charge in [-0.05, 0) is 53.1 Å². The Morgan fingerprint density at radius 2 is 1.58 bits per heavy atom. The van der Waals surface area contributed by atoms with Crippen molar-refractivity contribution >= 4 is 10.9 Å². The molecule has 0 spiro atoms. The van der Waals surface area contributed by atoms with Gasteiger partial charge in [0.2, 0.25) is 0 Å². The second kappa shape index (κ2) is 9.85. The van der Waals surface area contributed by atoms with Gasteiger partial charge in [-0.25, -0.2) is 0 Å². The van der Waals surface area contributed by atoms with E-state index in [-0.39, 0.29) is 5.56 Å². The maximum absolute atomic E-state index is 13.0. The smallest absolute Gasteiger partial charge is 0.254 e. The lowest BCUT2D eigenvalue weighted by Gasteiger charge is -2.27. The molecule has 33 heavy (non-hydrogen) atoms. The highest BCUT2D eigenvalue weighted by molar-refractivity contribution is 5.79. The molecule has 4 rings (SSSR count). The van der Waals surface area contributed by atoms with Crippen LogP contribution >= 0.6 is 0 Å². The van der Waals surface area contributed by atoms with Crippen molar-refractivity contribution in [1.82, 2.24) is 9.88 Å². The highest BCUT2D eigenvalue weighted by Gasteiger charge is 2.24. The van der Waals surface area contributed by atoms with Crippen LogP contribution in [0.5, 0.6) is 0 Å². The minimum absolute atomic E-state index is 0.217. The van der Waals surface area contributed by atoms with E-state index in [1.165, 1.54) is 5.56 Å². The van der Waals surface area contributed by atoms with Gasteiger partial charge in [0.05, 0.1) is 6.07 Å². The lowest BCUT2D eigenvalue weighted by molar-refractivity contribution is 0.216. The van der Waals surface area contributed by atoms with E-state index in [0.717, 1.165) is 27.6 Å². The largest absolute Gasteiger partial charge is 0.322 e. The van der Waals surface area contributed by atoms with E-state index in [4.69, 9.17) is 0 Å². The molecule has 1 N–H and O–H groups in total. The minimum atomic E-state index is -0.677. The molecule has 1 unspecified atom stereocenters. The van der Waals surface area contributed by atoms with Crippen LogP contribution in [-0.2, 0) is 13.1 Å². The molecule has 0 aliphatic heterocycles. The Labute approximate surface area is 195 Å². The Bertz CT molecular complexity index is 1330. The van der Waals surface area contributed by atoms with Crippen molar-refractivity contribution in [2.24, 2.45) is 0 Å². The number of rotatable bonds is 7. The van der Waals surface area contributed by atoms with E-state index in [1.807, 2.05) is 49.4 Å². The molecule has 0 radical (unpaired) electrons. The average Bonchev–Trinajstić information content (AvgIpc) is 2.81. The molecule has 166 valence electrons. The highest BCUT2D eigenvalue weighted by atomic mass is 16.1. The maximum atomic E-state index is 13.0. The summed E-state index contributed by atoms with van der Waals surface area (Å²) >= 11 is 0. The number of nitriles is 1. The zero-order valence-corrected chi connectivity index (χ0v) is 19.4. The van der Waals surface area contributed by atoms with Crippen LogP contribution in [0, 0.1) is 18.3 Å². The third-order valence-corrected chi connectivity index (χ3v) is 6.07. The summed E-state index contributed by atoms with van der Waals surface area (Å²) in [6.45, 7) is 7.51. The van der Waals surface area contributed by atoms with Gasteiger partial charge in [0, 0.05) is 24.2 Å². The summed E-state index contributed by atoms with van der Waals surface area (Å²) in [7, 11) is 0. The van der Waals surface area contributed by atoms with Crippen molar-refractivity contribution in [1.29, 1.82) is 5.26 Å². The fourth-order valence-corrected chi connectivity index (χ4v) is 4.19. The summed E-state index contributed by atoms with van der Waals surface area (Å²) < 4.78 is 0. The number of aryl methyl sites for hydroxylation is 1. The van der Waals surface area contributed by atoms with Crippen LogP contribution in [0.2, 0.25) is 0 Å². The van der Waals surface area contributed by atoms with E-state index < -0.39 is 6.04 Å². The predicted molar refractivity (Wildman–Crippen MR) is 134 cm³/mol. The summed E-state index contributed by atoms with van der Waals surface area (Å²) in [5.41, 5.74) is 5.65. The Morgan fingerprint density at radius 1 is 0.909 bits per heavy atom. The molecular formula is C29H29N3O. The molecule has 0 aliphatic rings. The topological polar surface area (TPSA) is 59.9 Å². The normalized spacial score (nSPS) is 12.2. The molecule has 3 aromatic carbocycles. The monoisotopic (exact) mass is 435 g/mol. The third kappa shape index (κ3) is 5.22. The number of nitrogens with zero attached hydrogens (tertiary/aromatic N) is 2. The van der Waals surface area contributed by atoms with E-state index in [2.05, 4.69) is 66.2 Å². The summed E-state index contributed by atoms with van der Waals surface area (Å²) in [5, 5.41) is 11.2. The first kappa shape index (κ1) is 22.5. The quantitative estimate of drug-likeness (QED) is 0.374. The number of hydrogen-bond acceptors (Lipinski definition) is 3. The molecule has 0 saturated heterocycles. The lowest BCUT2D eigenvalue weighted by Crippen LogP contribution is -2.31. The van der Waals surface area contributed by atoms with Crippen LogP contribution in [0.3, 0.4) is 0 Å². The Balaban J connectivity index is 1.74. The van der Waals surface area contributed by atoms with Crippen molar-refractivity contribution in [3.8, 4) is 6.07 Å². The Kier molecular flexibility index (Phi) is 6.72. The number of H-pyrrole nitrogens is 1. The number of aromatic nitrogens is 1. The summed E-state index contributed by atoms with van der Waals surface area (Å²) in [4.78, 5) is 18.1. The van der Waals surface area contributed by atoms with Crippen LogP contribution in [-0.4, -0.2) is 9.88 Å². The molecule has 1 atom stereocenters. The van der Waals surface area contributed by atoms with Crippen molar-refractivity contribution in [3.63, 3.8) is 0 Å². The van der Waals surface area contributed by atoms with Gasteiger partial charge in [-0.2, -0.15) is 5.26 Å². The summed E-state index contributed by atoms with van der Waals surface area (Å²) in [6.07, 6.45) is 0. The van der Waals surface area contributed by atoms with Crippen LogP contribution in [0.4, 0.5) is 0 Å². The SMILES string of the molecule is Cc1ccc2[nH]c(=O)c(C(C#N)N(Cc3ccccc3)Cc3ccc(C(C)C)cc3)cc2c1. The summed E-state index contributed by atoms with van der Waals surface area (Å²) in [6, 6.07) is 28.1. The standard InChI is InChI=1S/C29H29N3O/c1-20(2)24-12-10-23(11-13-24)19-32(18-22-7-5-4-6-8-22)28(17-30)26-16-25-15-21(3)9-14-27(25)31-29(26)33/h4-16,20,28H,18-19H2,1-3H3,(H,31,33). The number of aromatic amines is 1. The van der Waals surface area contributed by atoms with Crippen LogP contribution in [0.15, 0.2) is 83.7 Å². The number of pyridine rings is 1. The molecule has 1 aromatic heterocycles. The Hall–Kier alpha value is -3.68. The van der Waals surface area contributed by atoms with Crippen LogP contribution in [0.1, 0.15) is 53.6 Å². The molecule has 1 heterocycles. The van der Waals surface area contributed by atoms with Gasteiger partial charge in [-0.3, -0.25) is 9.69 Å². The van der Waals surface area contributed by atoms with Crippen molar-refractivity contribution in [2.45, 2.75) is 45.8 Å². The lowest BCUT2D eigenvalue weighted by atomic mass is 10.00. The molecule has 0 fully saturated rings. The van der Waals surface area contributed by atoms with Crippen molar-refractivity contribution in [3.05, 3.63) is 117 Å². The van der Waals surface area contributed by atoms with Crippen LogP contribution < -0.4 is 5.56 Å². The number of hydrogen-bond donors (Lipinski definition) is 1. The first-order chi connectivity index (χ1) is 15.9. The number of fused-ring (bicyclic) bond motifs is 1. The fourth-order valence-electron chi connectivity index (χ4n) is 4.19. The highest BCUT2D eigenvalue weighted by Crippen LogP contribution is 2.26. The van der Waals surface area contributed by atoms with Crippen molar-refractivity contribution < 1.29 is 0 Å². The van der Waals surface area contributed by atoms with Gasteiger partial charge in [0.15, 0.2) is 0 Å². The van der Waals surface area contributed by atoms with Gasteiger partial charge < -0.3 is 4.98 Å². The van der Waals surface area contributed by atoms with Gasteiger partial charge in [0.25, 0.3) is 5.56 Å². The van der Waals surface area contributed by atoms with Gasteiger partial charge in [-0.15, -0.1) is 0 Å². The second-order valence-corrected chi connectivity index (χ2v) is 8.96. The van der Waals surface area contributed by atoms with E-state index in [1.54, 1.807) is 0 Å². The number of nitrogens with one attached hydrogen (secondary N) is 1. The first-order valence-corrected chi connectivity index (χ1v) is 11.3. The van der Waals surface area contributed by atoms with Gasteiger partial charge in [-0.1, -0.05) is 80.1 Å². The van der Waals surface area contributed by atoms with E-state index in [9.17, 15) is 10.1 Å². The molecule has 0 aliphatic carbocycles. The Morgan fingerprint density at radius 3 is 2.21 bits per heavy atom. The zero-order chi connectivity index (χ0) is 23.4. The molecule has 0 saturated carbocycles. The molecule has 0 amide bonds. The fraction of sp³-hybridized carbons (Fsp3) is 0.241. The van der Waals surface area contributed by atoms with E-state index >= 15 is 0 Å². The summed E-state index contributed by atoms with van der Waals surface area (Å²) in [5.74, 6) is 0.464. The minimum Gasteiger partial charge on any atom is -0.322 e. The average molecular weight is 436 g/mol. The van der Waals surface area contributed by atoms with E-state index in [0.29, 0.717) is 24.6 Å². The van der Waals surface area contributed by atoms with Gasteiger partial charge >= 0.3 is 0 Å². The molecule has 0 bridgehead atoms. The first-order valence-electron chi connectivity index (χ1n) is 11.3. The van der Waals surface area contributed by atoms with Crippen LogP contribution in [0.25, 0.3) is 10.9 Å². The predicted octanol–water partition coefficient (Wildman–Crippen LogP) is 6.23. The maximum Gasteiger partial charge on any atom is 0.254 e. The zero-order valence-electron chi connectivity index (χ0n) is 19.4. The van der Waals surface area contributed by atoms with Crippen molar-refractivity contribution in [2.75, 3.05) is 0 Å². The molecule has 4 heteroatoms. The number of benzene rings is 3. The third-order valence-electron chi connectivity index (χ3n) is 6.07. The molecular weight excluding hydrogens is 406 g/mol. The molecule has 4 aromatic rings. The van der Waals surface area contributed by atoms with Gasteiger partial charge in [0.1, 0.15) is 6.04 Å².